The summed E-state index contributed by atoms with van der Waals surface area (Å²) in [6, 6.07) is 0. The zero-order chi connectivity index (χ0) is 13.3. The van der Waals surface area contributed by atoms with Crippen LogP contribution in [-0.2, 0) is 9.09 Å². The summed E-state index contributed by atoms with van der Waals surface area (Å²) < 4.78 is 16.0. The molecule has 0 bridgehead atoms. The van der Waals surface area contributed by atoms with Crippen LogP contribution in [0.2, 0.25) is 0 Å². The molecule has 0 aromatic heterocycles. The summed E-state index contributed by atoms with van der Waals surface area (Å²) >= 11 is 0. The molecule has 1 atom stereocenters. The Morgan fingerprint density at radius 3 is 1.94 bits per heavy atom. The molecule has 0 heterocycles. The van der Waals surface area contributed by atoms with Gasteiger partial charge in [0, 0.05) is 19.6 Å². The highest BCUT2D eigenvalue weighted by Crippen LogP contribution is 2.32. The first-order valence-electron chi connectivity index (χ1n) is 5.89. The van der Waals surface area contributed by atoms with Crippen molar-refractivity contribution in [1.82, 2.24) is 4.90 Å². The highest BCUT2D eigenvalue weighted by molar-refractivity contribution is 7.32. The molecule has 0 spiro atoms. The Hall–Kier alpha value is 0.0300. The third-order valence-electron chi connectivity index (χ3n) is 2.94. The van der Waals surface area contributed by atoms with Crippen molar-refractivity contribution in [2.24, 2.45) is 0 Å². The summed E-state index contributed by atoms with van der Waals surface area (Å²) in [4.78, 5) is 10.8. The fraction of sp³-hybridized carbons (Fsp3) is 1.00. The number of aliphatic hydroxyl groups excluding tert-OH is 2. The second kappa shape index (κ2) is 9.03. The van der Waals surface area contributed by atoms with Crippen LogP contribution in [0.4, 0.5) is 0 Å². The fourth-order valence-corrected chi connectivity index (χ4v) is 2.52. The summed E-state index contributed by atoms with van der Waals surface area (Å²) in [5.74, 6) is 0. The molecule has 0 aliphatic heterocycles. The van der Waals surface area contributed by atoms with Crippen LogP contribution in [0.3, 0.4) is 0 Å². The molecule has 0 amide bonds. The minimum Gasteiger partial charge on any atom is -0.395 e. The first-order chi connectivity index (χ1) is 8.03. The van der Waals surface area contributed by atoms with Crippen molar-refractivity contribution in [3.8, 4) is 0 Å². The smallest absolute Gasteiger partial charge is 0.317 e. The van der Waals surface area contributed by atoms with Crippen LogP contribution >= 0.6 is 8.25 Å². The van der Waals surface area contributed by atoms with E-state index in [1.165, 1.54) is 0 Å². The lowest BCUT2D eigenvalue weighted by atomic mass is 9.97. The highest BCUT2D eigenvalue weighted by Gasteiger charge is 2.31. The maximum Gasteiger partial charge on any atom is 0.317 e. The predicted octanol–water partition coefficient (Wildman–Crippen LogP) is 0.230. The van der Waals surface area contributed by atoms with Crippen molar-refractivity contribution in [3.63, 3.8) is 0 Å². The van der Waals surface area contributed by atoms with Crippen LogP contribution in [-0.4, -0.2) is 58.5 Å². The van der Waals surface area contributed by atoms with E-state index >= 15 is 0 Å². The number of nitrogens with zero attached hydrogens (tertiary/aromatic N) is 1. The van der Waals surface area contributed by atoms with Crippen LogP contribution in [0.15, 0.2) is 0 Å². The molecule has 0 saturated heterocycles. The highest BCUT2D eigenvalue weighted by atomic mass is 31.1. The van der Waals surface area contributed by atoms with E-state index in [1.807, 2.05) is 18.7 Å². The topological polar surface area (TPSA) is 90.2 Å². The molecule has 6 nitrogen and oxygen atoms in total. The van der Waals surface area contributed by atoms with Crippen molar-refractivity contribution in [1.29, 1.82) is 0 Å². The van der Waals surface area contributed by atoms with Gasteiger partial charge in [-0.2, -0.15) is 0 Å². The van der Waals surface area contributed by atoms with Gasteiger partial charge >= 0.3 is 8.25 Å². The Balaban J connectivity index is 4.61. The van der Waals surface area contributed by atoms with E-state index in [0.29, 0.717) is 32.5 Å². The molecule has 104 valence electrons. The molecule has 7 heteroatoms. The maximum absolute atomic E-state index is 10.9. The average Bonchev–Trinajstić information content (AvgIpc) is 2.28. The molecule has 0 radical (unpaired) electrons. The van der Waals surface area contributed by atoms with E-state index in [9.17, 15) is 4.57 Å². The molecule has 1 unspecified atom stereocenters. The molecule has 0 fully saturated rings. The summed E-state index contributed by atoms with van der Waals surface area (Å²) in [5.41, 5.74) is -0.685. The van der Waals surface area contributed by atoms with Crippen molar-refractivity contribution in [3.05, 3.63) is 0 Å². The lowest BCUT2D eigenvalue weighted by Gasteiger charge is -2.35. The largest absolute Gasteiger partial charge is 0.395 e. The number of hydrogen-bond donors (Lipinski definition) is 3. The van der Waals surface area contributed by atoms with Crippen LogP contribution in [0.5, 0.6) is 0 Å². The number of aliphatic hydroxyl groups is 2. The van der Waals surface area contributed by atoms with E-state index in [1.54, 1.807) is 0 Å². The molecule has 0 aromatic carbocycles. The van der Waals surface area contributed by atoms with E-state index in [0.717, 1.165) is 0 Å². The SMILES string of the molecule is CCC(CC)(CN(CCO)CCO)O[PH](=O)O. The maximum atomic E-state index is 10.9. The van der Waals surface area contributed by atoms with E-state index in [4.69, 9.17) is 19.6 Å². The zero-order valence-electron chi connectivity index (χ0n) is 10.6. The third kappa shape index (κ3) is 6.50. The normalized spacial score (nSPS) is 14.2. The fourth-order valence-electron chi connectivity index (χ4n) is 1.80. The summed E-state index contributed by atoms with van der Waals surface area (Å²) in [7, 11) is -2.99. The van der Waals surface area contributed by atoms with Gasteiger partial charge in [0.1, 0.15) is 0 Å². The minimum absolute atomic E-state index is 0.0161. The third-order valence-corrected chi connectivity index (χ3v) is 3.54. The molecule has 0 aliphatic carbocycles. The van der Waals surface area contributed by atoms with Gasteiger partial charge in [0.15, 0.2) is 0 Å². The van der Waals surface area contributed by atoms with Gasteiger partial charge < -0.3 is 19.6 Å². The van der Waals surface area contributed by atoms with E-state index < -0.39 is 13.9 Å². The van der Waals surface area contributed by atoms with Crippen LogP contribution in [0, 0.1) is 0 Å². The lowest BCUT2D eigenvalue weighted by molar-refractivity contribution is 0.00962. The van der Waals surface area contributed by atoms with Gasteiger partial charge in [0.05, 0.1) is 18.8 Å². The van der Waals surface area contributed by atoms with E-state index in [2.05, 4.69) is 0 Å². The summed E-state index contributed by atoms with van der Waals surface area (Å²) in [6.45, 7) is 5.01. The summed E-state index contributed by atoms with van der Waals surface area (Å²) in [5, 5.41) is 17.8. The van der Waals surface area contributed by atoms with Crippen molar-refractivity contribution in [2.75, 3.05) is 32.8 Å². The Morgan fingerprint density at radius 2 is 1.65 bits per heavy atom. The number of hydrogen-bond acceptors (Lipinski definition) is 5. The molecule has 3 N–H and O–H groups in total. The first kappa shape index (κ1) is 17.0. The molecule has 0 saturated carbocycles. The Morgan fingerprint density at radius 1 is 1.18 bits per heavy atom. The van der Waals surface area contributed by atoms with Gasteiger partial charge in [0.2, 0.25) is 0 Å². The monoisotopic (exact) mass is 269 g/mol. The molecule has 17 heavy (non-hydrogen) atoms. The quantitative estimate of drug-likeness (QED) is 0.492. The Labute approximate surface area is 103 Å². The van der Waals surface area contributed by atoms with Crippen molar-refractivity contribution < 1.29 is 24.2 Å². The van der Waals surface area contributed by atoms with Gasteiger partial charge in [-0.15, -0.1) is 0 Å². The molecule has 0 aliphatic rings. The van der Waals surface area contributed by atoms with Gasteiger partial charge in [-0.3, -0.25) is 9.46 Å². The molecule has 0 aromatic rings. The minimum atomic E-state index is -2.99. The van der Waals surface area contributed by atoms with Crippen LogP contribution in [0.25, 0.3) is 0 Å². The number of rotatable bonds is 10. The van der Waals surface area contributed by atoms with E-state index in [-0.39, 0.29) is 13.2 Å². The van der Waals surface area contributed by atoms with Crippen molar-refractivity contribution in [2.45, 2.75) is 32.3 Å². The van der Waals surface area contributed by atoms with Gasteiger partial charge in [-0.25, -0.2) is 0 Å². The second-order valence-corrected chi connectivity index (χ2v) is 4.72. The van der Waals surface area contributed by atoms with Gasteiger partial charge in [0.25, 0.3) is 0 Å². The predicted molar refractivity (Wildman–Crippen MR) is 66.2 cm³/mol. The van der Waals surface area contributed by atoms with Gasteiger partial charge in [-0.05, 0) is 12.8 Å². The Bertz CT molecular complexity index is 217. The lowest BCUT2D eigenvalue weighted by Crippen LogP contribution is -2.45. The van der Waals surface area contributed by atoms with Gasteiger partial charge in [-0.1, -0.05) is 13.8 Å². The summed E-state index contributed by atoms with van der Waals surface area (Å²) in [6.07, 6.45) is 1.21. The zero-order valence-corrected chi connectivity index (χ0v) is 11.6. The van der Waals surface area contributed by atoms with Crippen LogP contribution < -0.4 is 0 Å². The average molecular weight is 269 g/mol. The standard InChI is InChI=1S/C10H24NO5P/c1-3-10(4-2,16-17(14)15)9-11(5-7-12)6-8-13/h12-13,17H,3-9H2,1-2H3,(H,14,15). The first-order valence-corrected chi connectivity index (χ1v) is 7.16. The second-order valence-electron chi connectivity index (χ2n) is 3.98. The Kier molecular flexibility index (Phi) is 9.04. The molecule has 0 rings (SSSR count). The molecular weight excluding hydrogens is 245 g/mol. The van der Waals surface area contributed by atoms with Crippen LogP contribution in [0.1, 0.15) is 26.7 Å². The van der Waals surface area contributed by atoms with Crippen molar-refractivity contribution >= 4 is 8.25 Å². The molecular formula is C10H24NO5P.